The number of alkyl halides is 9. The van der Waals surface area contributed by atoms with Gasteiger partial charge in [-0.25, -0.2) is 22.0 Å². The first-order valence-electron chi connectivity index (χ1n) is 41.9. The molecule has 4 aromatic heterocycles. The molecule has 748 valence electrons. The molecule has 0 atom stereocenters. The topological polar surface area (TPSA) is 531 Å². The SMILES string of the molecule is Cc1ccccc1C(=O)Nc1nc(NC(=O)c2ccc(N=[N+]=[N-])cc2)nn1-c1ccc(OC(F)(F)F)cc1.Cc1ccccc1C(=O)Nc1nc(NC(=O)c2cccc(N=[N+]=N)c2)nn1-c1ccc(OC(F)(F)F)cc1.Cc1ccccc1C(=O)Nc1nc(NC(=O)c2cccc(N=[N+]=[N-])c2)n(-c2ccc(OC(F)(F)F)cc2)n1.O=C(Nc1nc(NC(=O)c2c(F)c(F)c(F)c(F)c2F)nn1-c1ccccc1)c1ccccc1. The van der Waals surface area contributed by atoms with Crippen molar-refractivity contribution in [3.63, 3.8) is 0 Å². The number of rotatable bonds is 26. The highest BCUT2D eigenvalue weighted by molar-refractivity contribution is 6.09. The van der Waals surface area contributed by atoms with Crippen LogP contribution < -0.4 is 61.7 Å². The van der Waals surface area contributed by atoms with Gasteiger partial charge in [-0.3, -0.25) is 80.9 Å². The van der Waals surface area contributed by atoms with E-state index in [0.29, 0.717) is 44.8 Å². The third-order valence-corrected chi connectivity index (χ3v) is 19.7. The second-order valence-corrected chi connectivity index (χ2v) is 29.8. The van der Waals surface area contributed by atoms with E-state index in [1.165, 1.54) is 109 Å². The van der Waals surface area contributed by atoms with Gasteiger partial charge >= 0.3 is 19.1 Å². The second-order valence-electron chi connectivity index (χ2n) is 29.8. The molecule has 9 N–H and O–H groups in total. The number of amides is 8. The van der Waals surface area contributed by atoms with Crippen LogP contribution in [0.15, 0.2) is 294 Å². The fraction of sp³-hybridized carbons (Fsp3) is 0.0638. The maximum atomic E-state index is 14.0. The van der Waals surface area contributed by atoms with Gasteiger partial charge in [0.05, 0.1) is 22.7 Å². The summed E-state index contributed by atoms with van der Waals surface area (Å²) in [6.07, 6.45) is -14.6. The number of benzene rings is 12. The van der Waals surface area contributed by atoms with Gasteiger partial charge in [0.2, 0.25) is 34.5 Å². The molecular formula is C94H64F14N29O11+. The van der Waals surface area contributed by atoms with Crippen molar-refractivity contribution >= 4 is 112 Å². The number of ether oxygens (including phenoxy) is 3. The molecule has 40 nitrogen and oxygen atoms in total. The molecule has 12 aromatic carbocycles. The molecule has 4 heterocycles. The van der Waals surface area contributed by atoms with Crippen LogP contribution in [0.5, 0.6) is 17.2 Å². The minimum atomic E-state index is -4.87. The molecule has 0 bridgehead atoms. The van der Waals surface area contributed by atoms with Crippen LogP contribution in [-0.2, 0) is 0 Å². The molecule has 8 amide bonds. The highest BCUT2D eigenvalue weighted by atomic mass is 19.4. The van der Waals surface area contributed by atoms with Gasteiger partial charge in [-0.15, -0.1) is 59.9 Å². The second kappa shape index (κ2) is 46.6. The van der Waals surface area contributed by atoms with Crippen molar-refractivity contribution < 1.29 is 114 Å². The molecule has 0 saturated heterocycles. The van der Waals surface area contributed by atoms with Crippen molar-refractivity contribution in [3.8, 4) is 40.0 Å². The molecule has 148 heavy (non-hydrogen) atoms. The Balaban J connectivity index is 0.000000165. The first-order chi connectivity index (χ1) is 70.6. The molecule has 0 fully saturated rings. The lowest BCUT2D eigenvalue weighted by molar-refractivity contribution is -0.275. The van der Waals surface area contributed by atoms with Crippen LogP contribution in [0.4, 0.5) is 126 Å². The van der Waals surface area contributed by atoms with Gasteiger partial charge in [0.25, 0.3) is 71.1 Å². The number of nitrogens with one attached hydrogen (secondary N) is 9. The Bertz CT molecular complexity index is 7810. The Morgan fingerprint density at radius 3 is 0.919 bits per heavy atom. The van der Waals surface area contributed by atoms with E-state index in [4.69, 9.17) is 16.6 Å². The summed E-state index contributed by atoms with van der Waals surface area (Å²) in [7, 11) is 0. The summed E-state index contributed by atoms with van der Waals surface area (Å²) in [6.45, 7) is 5.25. The summed E-state index contributed by atoms with van der Waals surface area (Å²) in [5, 5.41) is 46.7. The molecular weight excluding hydrogens is 1980 g/mol. The summed E-state index contributed by atoms with van der Waals surface area (Å²) in [5.41, 5.74) is 28.1. The minimum Gasteiger partial charge on any atom is -0.406 e. The summed E-state index contributed by atoms with van der Waals surface area (Å²) in [6, 6.07) is 68.2. The van der Waals surface area contributed by atoms with E-state index >= 15 is 0 Å². The summed E-state index contributed by atoms with van der Waals surface area (Å²) in [4.78, 5) is 127. The standard InChI is InChI=1S/3C24H17F3N8O3.C22H12F5N5O2/c1-14-5-2-3-8-19(14)21(37)29-22-31-23(30-20(36)15-6-4-7-16(13-15)32-34-28)35(33-22)17-9-11-18(12-10-17)38-24(25,26)27;1-14-5-2-3-8-19(14)21(37)30-23-31-22(29-20(36)15-6-4-7-16(13-15)32-34-28)33-35(23)17-9-11-18(12-10-17)38-24(25,26)27;1-14-4-2-3-5-19(14)21(37)30-23-31-22(29-20(36)15-6-8-16(9-7-15)32-34-28)33-35(23)17-10-12-18(13-11-17)38-24(25,26)27;23-14-13(15(24)17(26)18(27)16(14)25)20(34)28-21-30-22(29-19(33)11-7-3-1-4-8-11)32(31-21)12-9-5-2-6-10-12/h2-13H,1H3,(H2,29,30,31,33,36,37);2-13,28H,1H3,(H-,29,30,31,33,36,37);2-13H,1H3,(H2,29,30,31,33,36,37);1-10H,(H2,28,29,30,31,33,34)/p+1. The molecule has 0 unspecified atom stereocenters. The fourth-order valence-corrected chi connectivity index (χ4v) is 12.9. The van der Waals surface area contributed by atoms with E-state index in [1.807, 2.05) is 5.32 Å². The summed E-state index contributed by atoms with van der Waals surface area (Å²) in [5.74, 6) is -20.3. The fourth-order valence-electron chi connectivity index (χ4n) is 12.9. The number of hydrogen-bond donors (Lipinski definition) is 9. The van der Waals surface area contributed by atoms with Crippen molar-refractivity contribution in [2.24, 2.45) is 15.3 Å². The van der Waals surface area contributed by atoms with Crippen molar-refractivity contribution in [1.82, 2.24) is 64.0 Å². The lowest BCUT2D eigenvalue weighted by atomic mass is 10.1. The predicted molar refractivity (Wildman–Crippen MR) is 499 cm³/mol. The molecule has 16 rings (SSSR count). The average molecular weight is 2040 g/mol. The molecule has 54 heteroatoms. The number of anilines is 8. The summed E-state index contributed by atoms with van der Waals surface area (Å²) >= 11 is 0. The molecule has 0 saturated carbocycles. The van der Waals surface area contributed by atoms with Crippen LogP contribution in [0.3, 0.4) is 0 Å². The van der Waals surface area contributed by atoms with Gasteiger partial charge in [-0.2, -0.15) is 38.7 Å². The van der Waals surface area contributed by atoms with Gasteiger partial charge in [0.1, 0.15) is 28.3 Å². The number of aromatic nitrogens is 12. The number of para-hydroxylation sites is 1. The number of azide groups is 2. The first kappa shape index (κ1) is 105. The third kappa shape index (κ3) is 27.7. The van der Waals surface area contributed by atoms with Crippen molar-refractivity contribution in [1.29, 1.82) is 5.53 Å². The lowest BCUT2D eigenvalue weighted by Gasteiger charge is -2.11. The molecule has 0 aliphatic rings. The zero-order valence-electron chi connectivity index (χ0n) is 75.3. The third-order valence-electron chi connectivity index (χ3n) is 19.7. The largest absolute Gasteiger partial charge is 0.573 e. The molecule has 0 aliphatic heterocycles. The van der Waals surface area contributed by atoms with Gasteiger partial charge in [0, 0.05) is 60.1 Å². The number of halogens is 14. The average Bonchev–Trinajstić information content (AvgIpc) is 1.01. The number of aryl methyl sites for hydroxylation is 3. The quantitative estimate of drug-likeness (QED) is 0.00607. The van der Waals surface area contributed by atoms with Crippen LogP contribution in [0.25, 0.3) is 43.6 Å². The van der Waals surface area contributed by atoms with Crippen LogP contribution in [0.2, 0.25) is 0 Å². The lowest BCUT2D eigenvalue weighted by Crippen LogP contribution is -2.20. The highest BCUT2D eigenvalue weighted by Crippen LogP contribution is 2.33. The Kier molecular flexibility index (Phi) is 33.0. The minimum absolute atomic E-state index is 0.100. The Labute approximate surface area is 819 Å². The Morgan fingerprint density at radius 2 is 0.568 bits per heavy atom. The molecule has 0 aliphatic carbocycles. The van der Waals surface area contributed by atoms with Crippen molar-refractivity contribution in [2.45, 2.75) is 39.9 Å². The normalized spacial score (nSPS) is 10.8. The van der Waals surface area contributed by atoms with Crippen LogP contribution >= 0.6 is 0 Å². The number of hydrogen-bond acceptors (Lipinski definition) is 23. The van der Waals surface area contributed by atoms with Gasteiger partial charge in [-0.05, 0) is 206 Å². The molecule has 16 aromatic rings. The zero-order chi connectivity index (χ0) is 106. The molecule has 0 radical (unpaired) electrons. The summed E-state index contributed by atoms with van der Waals surface area (Å²) < 4.78 is 197. The first-order valence-corrected chi connectivity index (χ1v) is 41.9. The van der Waals surface area contributed by atoms with E-state index in [1.54, 1.807) is 154 Å². The van der Waals surface area contributed by atoms with Crippen LogP contribution in [-0.4, -0.2) is 125 Å². The van der Waals surface area contributed by atoms with Crippen molar-refractivity contribution in [2.75, 3.05) is 42.5 Å². The predicted octanol–water partition coefficient (Wildman–Crippen LogP) is 21.5. The van der Waals surface area contributed by atoms with Gasteiger partial charge < -0.3 is 14.2 Å². The maximum absolute atomic E-state index is 14.0. The highest BCUT2D eigenvalue weighted by Gasteiger charge is 2.36. The number of nitrogens with zero attached hydrogens (tertiary/aromatic N) is 20. The monoisotopic (exact) mass is 2040 g/mol. The van der Waals surface area contributed by atoms with E-state index in [2.05, 4.69) is 122 Å². The van der Waals surface area contributed by atoms with E-state index in [-0.39, 0.29) is 92.3 Å². The van der Waals surface area contributed by atoms with Crippen LogP contribution in [0, 0.1) is 55.4 Å². The number of carbonyl (C=O) groups is 8. The van der Waals surface area contributed by atoms with Crippen molar-refractivity contribution in [3.05, 3.63) is 390 Å². The van der Waals surface area contributed by atoms with E-state index in [0.717, 1.165) is 55.1 Å². The molecule has 0 spiro atoms. The number of carbonyl (C=O) groups excluding carboxylic acids is 8. The van der Waals surface area contributed by atoms with Gasteiger partial charge in [0.15, 0.2) is 34.1 Å². The van der Waals surface area contributed by atoms with E-state index < -0.39 is 124 Å². The zero-order valence-corrected chi connectivity index (χ0v) is 75.3. The van der Waals surface area contributed by atoms with Gasteiger partial charge in [-0.1, -0.05) is 132 Å². The van der Waals surface area contributed by atoms with Crippen LogP contribution in [0.1, 0.15) is 99.6 Å². The maximum Gasteiger partial charge on any atom is 0.573 e. The smallest absolute Gasteiger partial charge is 0.406 e. The Morgan fingerprint density at radius 1 is 0.297 bits per heavy atom. The van der Waals surface area contributed by atoms with E-state index in [9.17, 15) is 99.8 Å². The Hall–Kier alpha value is -20.7.